The maximum atomic E-state index is 12.1. The molecule has 0 aliphatic heterocycles. The molecule has 0 heterocycles. The second-order valence-electron chi connectivity index (χ2n) is 5.01. The number of amides is 1. The first kappa shape index (κ1) is 15.8. The molecule has 0 saturated heterocycles. The molecule has 0 fully saturated rings. The SMILES string of the molecule is CC[C@@H](Oc1ccc(Cl)cc1)C(=O)N[C@H](C)C(C)C. The van der Waals surface area contributed by atoms with Gasteiger partial charge < -0.3 is 10.1 Å². The molecular weight excluding hydrogens is 262 g/mol. The Hall–Kier alpha value is -1.22. The molecule has 1 aromatic rings. The Bertz CT molecular complexity index is 403. The molecule has 1 rings (SSSR count). The first-order valence-corrected chi connectivity index (χ1v) is 7.04. The van der Waals surface area contributed by atoms with Gasteiger partial charge in [0.15, 0.2) is 6.10 Å². The van der Waals surface area contributed by atoms with Gasteiger partial charge in [-0.05, 0) is 43.5 Å². The van der Waals surface area contributed by atoms with Gasteiger partial charge in [0.2, 0.25) is 0 Å². The van der Waals surface area contributed by atoms with E-state index in [0.29, 0.717) is 23.1 Å². The van der Waals surface area contributed by atoms with Gasteiger partial charge in [0.25, 0.3) is 5.91 Å². The third kappa shape index (κ3) is 5.11. The normalized spacial score (nSPS) is 14.0. The Kier molecular flexibility index (Phi) is 6.16. The number of carbonyl (C=O) groups is 1. The van der Waals surface area contributed by atoms with Crippen molar-refractivity contribution in [1.29, 1.82) is 0 Å². The predicted molar refractivity (Wildman–Crippen MR) is 78.6 cm³/mol. The van der Waals surface area contributed by atoms with Crippen molar-refractivity contribution < 1.29 is 9.53 Å². The quantitative estimate of drug-likeness (QED) is 0.865. The van der Waals surface area contributed by atoms with Crippen LogP contribution in [0.5, 0.6) is 5.75 Å². The second kappa shape index (κ2) is 7.39. The van der Waals surface area contributed by atoms with E-state index in [1.807, 2.05) is 13.8 Å². The molecule has 0 aliphatic carbocycles. The fourth-order valence-electron chi connectivity index (χ4n) is 1.48. The maximum absolute atomic E-state index is 12.1. The lowest BCUT2D eigenvalue weighted by atomic mass is 10.1. The van der Waals surface area contributed by atoms with Crippen LogP contribution in [-0.4, -0.2) is 18.1 Å². The lowest BCUT2D eigenvalue weighted by Gasteiger charge is -2.22. The molecule has 0 saturated carbocycles. The van der Waals surface area contributed by atoms with Crippen molar-refractivity contribution >= 4 is 17.5 Å². The average Bonchev–Trinajstić information content (AvgIpc) is 2.37. The fourth-order valence-corrected chi connectivity index (χ4v) is 1.61. The number of ether oxygens (including phenoxy) is 1. The summed E-state index contributed by atoms with van der Waals surface area (Å²) >= 11 is 5.81. The highest BCUT2D eigenvalue weighted by molar-refractivity contribution is 6.30. The summed E-state index contributed by atoms with van der Waals surface area (Å²) < 4.78 is 5.69. The van der Waals surface area contributed by atoms with Crippen molar-refractivity contribution in [1.82, 2.24) is 5.32 Å². The average molecular weight is 284 g/mol. The zero-order valence-corrected chi connectivity index (χ0v) is 12.7. The largest absolute Gasteiger partial charge is 0.481 e. The fraction of sp³-hybridized carbons (Fsp3) is 0.533. The Morgan fingerprint density at radius 3 is 2.32 bits per heavy atom. The van der Waals surface area contributed by atoms with Crippen LogP contribution in [0.4, 0.5) is 0 Å². The molecule has 2 atom stereocenters. The van der Waals surface area contributed by atoms with Crippen molar-refractivity contribution in [2.45, 2.75) is 46.3 Å². The summed E-state index contributed by atoms with van der Waals surface area (Å²) in [7, 11) is 0. The van der Waals surface area contributed by atoms with Crippen molar-refractivity contribution in [2.24, 2.45) is 5.92 Å². The Balaban J connectivity index is 2.62. The topological polar surface area (TPSA) is 38.3 Å². The summed E-state index contributed by atoms with van der Waals surface area (Å²) in [5.74, 6) is 0.985. The van der Waals surface area contributed by atoms with Crippen LogP contribution in [0.1, 0.15) is 34.1 Å². The number of hydrogen-bond donors (Lipinski definition) is 1. The molecule has 0 radical (unpaired) electrons. The van der Waals surface area contributed by atoms with Crippen LogP contribution in [0, 0.1) is 5.92 Å². The van der Waals surface area contributed by atoms with Gasteiger partial charge in [-0.3, -0.25) is 4.79 Å². The smallest absolute Gasteiger partial charge is 0.261 e. The van der Waals surface area contributed by atoms with E-state index in [2.05, 4.69) is 19.2 Å². The van der Waals surface area contributed by atoms with Crippen LogP contribution < -0.4 is 10.1 Å². The number of hydrogen-bond acceptors (Lipinski definition) is 2. The van der Waals surface area contributed by atoms with E-state index in [1.54, 1.807) is 24.3 Å². The van der Waals surface area contributed by atoms with Gasteiger partial charge in [-0.25, -0.2) is 0 Å². The Labute approximate surface area is 120 Å². The highest BCUT2D eigenvalue weighted by atomic mass is 35.5. The van der Waals surface area contributed by atoms with E-state index >= 15 is 0 Å². The molecule has 106 valence electrons. The van der Waals surface area contributed by atoms with Crippen LogP contribution in [0.25, 0.3) is 0 Å². The molecule has 0 aromatic heterocycles. The zero-order chi connectivity index (χ0) is 14.4. The zero-order valence-electron chi connectivity index (χ0n) is 11.9. The van der Waals surface area contributed by atoms with E-state index in [1.165, 1.54) is 0 Å². The van der Waals surface area contributed by atoms with Crippen LogP contribution in [-0.2, 0) is 4.79 Å². The molecule has 0 unspecified atom stereocenters. The summed E-state index contributed by atoms with van der Waals surface area (Å²) in [4.78, 5) is 12.1. The summed E-state index contributed by atoms with van der Waals surface area (Å²) in [6.07, 6.45) is 0.154. The third-order valence-electron chi connectivity index (χ3n) is 3.13. The van der Waals surface area contributed by atoms with E-state index in [0.717, 1.165) is 0 Å². The molecule has 1 N–H and O–H groups in total. The van der Waals surface area contributed by atoms with Crippen molar-refractivity contribution in [3.63, 3.8) is 0 Å². The van der Waals surface area contributed by atoms with Crippen LogP contribution in [0.2, 0.25) is 5.02 Å². The summed E-state index contributed by atoms with van der Waals surface area (Å²) in [5.41, 5.74) is 0. The first-order valence-electron chi connectivity index (χ1n) is 6.66. The van der Waals surface area contributed by atoms with Gasteiger partial charge in [0, 0.05) is 11.1 Å². The van der Waals surface area contributed by atoms with E-state index < -0.39 is 6.10 Å². The number of halogens is 1. The summed E-state index contributed by atoms with van der Waals surface area (Å²) in [6, 6.07) is 7.17. The highest BCUT2D eigenvalue weighted by Gasteiger charge is 2.21. The van der Waals surface area contributed by atoms with Gasteiger partial charge in [-0.15, -0.1) is 0 Å². The van der Waals surface area contributed by atoms with Crippen LogP contribution >= 0.6 is 11.6 Å². The number of benzene rings is 1. The molecule has 1 aromatic carbocycles. The molecule has 0 bridgehead atoms. The lowest BCUT2D eigenvalue weighted by Crippen LogP contribution is -2.44. The van der Waals surface area contributed by atoms with Gasteiger partial charge in [0.05, 0.1) is 0 Å². The van der Waals surface area contributed by atoms with Gasteiger partial charge in [-0.2, -0.15) is 0 Å². The number of rotatable bonds is 6. The minimum atomic E-state index is -0.470. The van der Waals surface area contributed by atoms with Crippen molar-refractivity contribution in [2.75, 3.05) is 0 Å². The molecule has 4 heteroatoms. The summed E-state index contributed by atoms with van der Waals surface area (Å²) in [5, 5.41) is 3.62. The predicted octanol–water partition coefficient (Wildman–Crippen LogP) is 3.66. The van der Waals surface area contributed by atoms with Crippen LogP contribution in [0.15, 0.2) is 24.3 Å². The highest BCUT2D eigenvalue weighted by Crippen LogP contribution is 2.17. The molecule has 1 amide bonds. The van der Waals surface area contributed by atoms with E-state index in [9.17, 15) is 4.79 Å². The number of nitrogens with one attached hydrogen (secondary N) is 1. The van der Waals surface area contributed by atoms with E-state index in [4.69, 9.17) is 16.3 Å². The van der Waals surface area contributed by atoms with E-state index in [-0.39, 0.29) is 11.9 Å². The van der Waals surface area contributed by atoms with Crippen LogP contribution in [0.3, 0.4) is 0 Å². The molecule has 0 spiro atoms. The molecule has 3 nitrogen and oxygen atoms in total. The Morgan fingerprint density at radius 2 is 1.84 bits per heavy atom. The Morgan fingerprint density at radius 1 is 1.26 bits per heavy atom. The van der Waals surface area contributed by atoms with Gasteiger partial charge in [0.1, 0.15) is 5.75 Å². The number of carbonyl (C=O) groups excluding carboxylic acids is 1. The molecular formula is C15H22ClNO2. The monoisotopic (exact) mass is 283 g/mol. The van der Waals surface area contributed by atoms with Crippen molar-refractivity contribution in [3.05, 3.63) is 29.3 Å². The second-order valence-corrected chi connectivity index (χ2v) is 5.45. The van der Waals surface area contributed by atoms with Gasteiger partial charge >= 0.3 is 0 Å². The maximum Gasteiger partial charge on any atom is 0.261 e. The lowest BCUT2D eigenvalue weighted by molar-refractivity contribution is -0.129. The minimum Gasteiger partial charge on any atom is -0.481 e. The van der Waals surface area contributed by atoms with Crippen molar-refractivity contribution in [3.8, 4) is 5.75 Å². The molecule has 19 heavy (non-hydrogen) atoms. The molecule has 0 aliphatic rings. The first-order chi connectivity index (χ1) is 8.93. The minimum absolute atomic E-state index is 0.0707. The summed E-state index contributed by atoms with van der Waals surface area (Å²) in [6.45, 7) is 8.08. The van der Waals surface area contributed by atoms with Gasteiger partial charge in [-0.1, -0.05) is 32.4 Å². The standard InChI is InChI=1S/C15H22ClNO2/c1-5-14(15(18)17-11(4)10(2)3)19-13-8-6-12(16)7-9-13/h6-11,14H,5H2,1-4H3,(H,17,18)/t11-,14-/m1/s1. The third-order valence-corrected chi connectivity index (χ3v) is 3.38.